The third-order valence-electron chi connectivity index (χ3n) is 3.96. The quantitative estimate of drug-likeness (QED) is 0.185. The zero-order chi connectivity index (χ0) is 21.9. The first kappa shape index (κ1) is 28.1. The molecule has 0 rings (SSSR count). The van der Waals surface area contributed by atoms with Crippen LogP contribution in [0.25, 0.3) is 0 Å². The van der Waals surface area contributed by atoms with Crippen LogP contribution in [0, 0.1) is 11.8 Å². The van der Waals surface area contributed by atoms with Crippen LogP contribution in [0.2, 0.25) is 0 Å². The van der Waals surface area contributed by atoms with Crippen molar-refractivity contribution in [2.24, 2.45) is 11.8 Å². The number of likely N-dealkylation sites (N-methyl/N-ethyl adjacent to an activating group) is 1. The molecule has 1 unspecified atom stereocenters. The molecule has 0 heterocycles. The van der Waals surface area contributed by atoms with Gasteiger partial charge in [0.1, 0.15) is 0 Å². The molecule has 0 aliphatic rings. The molecule has 9 heteroatoms. The Balaban J connectivity index is 0. The second-order valence-corrected chi connectivity index (χ2v) is 6.80. The van der Waals surface area contributed by atoms with Gasteiger partial charge in [0.05, 0.1) is 13.7 Å². The van der Waals surface area contributed by atoms with Gasteiger partial charge in [0.2, 0.25) is 17.7 Å². The van der Waals surface area contributed by atoms with E-state index in [4.69, 9.17) is 10.0 Å². The Kier molecular flexibility index (Phi) is 18.2. The van der Waals surface area contributed by atoms with E-state index < -0.39 is 11.8 Å². The molecule has 3 N–H and O–H groups in total. The van der Waals surface area contributed by atoms with Gasteiger partial charge in [-0.3, -0.25) is 24.4 Å². The molecule has 0 spiro atoms. The number of ether oxygens (including phenoxy) is 1. The molecule has 164 valence electrons. The summed E-state index contributed by atoms with van der Waals surface area (Å²) < 4.78 is 3.86. The van der Waals surface area contributed by atoms with Gasteiger partial charge in [0, 0.05) is 25.4 Å². The predicted molar refractivity (Wildman–Crippen MR) is 105 cm³/mol. The molecule has 3 amide bonds. The van der Waals surface area contributed by atoms with Gasteiger partial charge in [-0.25, -0.2) is 5.48 Å². The SMILES string of the molecule is CCCCCN(CC)C(=O)CNC(=O)C(CC(=O)NO)CC(C)C.COC=O. The molecule has 1 atom stereocenters. The molecular weight excluding hydrogens is 366 g/mol. The molecule has 0 saturated heterocycles. The summed E-state index contributed by atoms with van der Waals surface area (Å²) in [6.07, 6.45) is 3.54. The summed E-state index contributed by atoms with van der Waals surface area (Å²) in [5.41, 5.74) is 1.55. The predicted octanol–water partition coefficient (Wildman–Crippen LogP) is 1.49. The van der Waals surface area contributed by atoms with Crippen molar-refractivity contribution < 1.29 is 29.1 Å². The number of carbonyl (C=O) groups excluding carboxylic acids is 4. The number of hydrogen-bond donors (Lipinski definition) is 3. The van der Waals surface area contributed by atoms with Crippen molar-refractivity contribution in [2.45, 2.75) is 59.8 Å². The number of carbonyl (C=O) groups is 4. The maximum absolute atomic E-state index is 12.3. The monoisotopic (exact) mass is 403 g/mol. The van der Waals surface area contributed by atoms with E-state index in [-0.39, 0.29) is 30.7 Å². The van der Waals surface area contributed by atoms with Gasteiger partial charge in [-0.2, -0.15) is 0 Å². The summed E-state index contributed by atoms with van der Waals surface area (Å²) in [5, 5.41) is 11.3. The Morgan fingerprint density at radius 2 is 1.79 bits per heavy atom. The van der Waals surface area contributed by atoms with Crippen molar-refractivity contribution in [1.29, 1.82) is 0 Å². The van der Waals surface area contributed by atoms with Crippen LogP contribution in [0.1, 0.15) is 59.8 Å². The first-order valence-electron chi connectivity index (χ1n) is 9.71. The standard InChI is InChI=1S/C17H33N3O4.C2H4O2/c1-5-7-8-9-20(6-2)16(22)12-18-17(23)14(10-13(3)4)11-15(21)19-24;1-4-2-3/h13-14,24H,5-12H2,1-4H3,(H,18,23)(H,19,21);2H,1H3. The minimum Gasteiger partial charge on any atom is -0.471 e. The van der Waals surface area contributed by atoms with Crippen LogP contribution in [0.5, 0.6) is 0 Å². The third-order valence-corrected chi connectivity index (χ3v) is 3.96. The maximum Gasteiger partial charge on any atom is 0.292 e. The molecule has 0 aromatic rings. The molecule has 0 bridgehead atoms. The molecule has 0 radical (unpaired) electrons. The fraction of sp³-hybridized carbons (Fsp3) is 0.789. The van der Waals surface area contributed by atoms with Crippen LogP contribution in [-0.2, 0) is 23.9 Å². The van der Waals surface area contributed by atoms with E-state index in [0.717, 1.165) is 19.3 Å². The van der Waals surface area contributed by atoms with Gasteiger partial charge in [-0.05, 0) is 25.7 Å². The average Bonchev–Trinajstić information content (AvgIpc) is 2.68. The van der Waals surface area contributed by atoms with Gasteiger partial charge < -0.3 is 15.0 Å². The number of methoxy groups -OCH3 is 1. The number of hydrogen-bond acceptors (Lipinski definition) is 6. The molecule has 28 heavy (non-hydrogen) atoms. The lowest BCUT2D eigenvalue weighted by Gasteiger charge is -2.22. The van der Waals surface area contributed by atoms with Crippen molar-refractivity contribution in [3.05, 3.63) is 0 Å². The number of nitrogens with zero attached hydrogens (tertiary/aromatic N) is 1. The van der Waals surface area contributed by atoms with Gasteiger partial charge in [0.25, 0.3) is 6.47 Å². The van der Waals surface area contributed by atoms with Crippen molar-refractivity contribution in [1.82, 2.24) is 15.7 Å². The van der Waals surface area contributed by atoms with Crippen LogP contribution in [0.15, 0.2) is 0 Å². The maximum atomic E-state index is 12.3. The van der Waals surface area contributed by atoms with Crippen molar-refractivity contribution >= 4 is 24.2 Å². The molecule has 0 aliphatic heterocycles. The van der Waals surface area contributed by atoms with Crippen LogP contribution < -0.4 is 10.8 Å². The zero-order valence-corrected chi connectivity index (χ0v) is 17.8. The van der Waals surface area contributed by atoms with E-state index in [1.54, 1.807) is 10.4 Å². The smallest absolute Gasteiger partial charge is 0.292 e. The summed E-state index contributed by atoms with van der Waals surface area (Å²) >= 11 is 0. The largest absolute Gasteiger partial charge is 0.471 e. The highest BCUT2D eigenvalue weighted by Gasteiger charge is 2.23. The highest BCUT2D eigenvalue weighted by atomic mass is 16.5. The molecule has 9 nitrogen and oxygen atoms in total. The fourth-order valence-corrected chi connectivity index (χ4v) is 2.55. The Morgan fingerprint density at radius 1 is 1.18 bits per heavy atom. The fourth-order valence-electron chi connectivity index (χ4n) is 2.55. The Labute approximate surface area is 168 Å². The number of hydroxylamine groups is 1. The summed E-state index contributed by atoms with van der Waals surface area (Å²) in [5.74, 6) is -1.37. The highest BCUT2D eigenvalue weighted by molar-refractivity contribution is 5.88. The Hall–Kier alpha value is -2.16. The zero-order valence-electron chi connectivity index (χ0n) is 17.8. The number of rotatable bonds is 13. The lowest BCUT2D eigenvalue weighted by molar-refractivity contribution is -0.136. The molecule has 0 aromatic carbocycles. The van der Waals surface area contributed by atoms with E-state index in [9.17, 15) is 14.4 Å². The topological polar surface area (TPSA) is 125 Å². The first-order valence-corrected chi connectivity index (χ1v) is 9.71. The summed E-state index contributed by atoms with van der Waals surface area (Å²) in [4.78, 5) is 46.5. The normalized spacial score (nSPS) is 11.0. The molecule has 0 aromatic heterocycles. The van der Waals surface area contributed by atoms with E-state index in [0.29, 0.717) is 26.0 Å². The molecular formula is C19H37N3O6. The highest BCUT2D eigenvalue weighted by Crippen LogP contribution is 2.15. The Bertz CT molecular complexity index is 457. The number of amides is 3. The summed E-state index contributed by atoms with van der Waals surface area (Å²) in [6.45, 7) is 9.55. The van der Waals surface area contributed by atoms with Crippen LogP contribution in [0.4, 0.5) is 0 Å². The van der Waals surface area contributed by atoms with Gasteiger partial charge in [-0.15, -0.1) is 0 Å². The molecule has 0 saturated carbocycles. The van der Waals surface area contributed by atoms with Crippen molar-refractivity contribution in [3.63, 3.8) is 0 Å². The molecule has 0 aliphatic carbocycles. The van der Waals surface area contributed by atoms with Crippen molar-refractivity contribution in [2.75, 3.05) is 26.7 Å². The van der Waals surface area contributed by atoms with Gasteiger partial charge in [-0.1, -0.05) is 33.6 Å². The average molecular weight is 404 g/mol. The summed E-state index contributed by atoms with van der Waals surface area (Å²) in [6, 6.07) is 0. The minimum atomic E-state index is -0.600. The molecule has 0 fully saturated rings. The first-order chi connectivity index (χ1) is 13.3. The van der Waals surface area contributed by atoms with Gasteiger partial charge >= 0.3 is 0 Å². The lowest BCUT2D eigenvalue weighted by Crippen LogP contribution is -2.43. The van der Waals surface area contributed by atoms with Gasteiger partial charge in [0.15, 0.2) is 0 Å². The second-order valence-electron chi connectivity index (χ2n) is 6.80. The van der Waals surface area contributed by atoms with E-state index in [2.05, 4.69) is 17.0 Å². The number of unbranched alkanes of at least 4 members (excludes halogenated alkanes) is 2. The minimum absolute atomic E-state index is 0.0614. The second kappa shape index (κ2) is 18.2. The van der Waals surface area contributed by atoms with Crippen LogP contribution in [0.3, 0.4) is 0 Å². The third kappa shape index (κ3) is 15.0. The van der Waals surface area contributed by atoms with E-state index in [1.165, 1.54) is 7.11 Å². The number of nitrogens with one attached hydrogen (secondary N) is 2. The Morgan fingerprint density at radius 3 is 2.21 bits per heavy atom. The van der Waals surface area contributed by atoms with E-state index >= 15 is 0 Å². The van der Waals surface area contributed by atoms with Crippen LogP contribution in [-0.4, -0.2) is 61.0 Å². The lowest BCUT2D eigenvalue weighted by atomic mass is 9.93. The van der Waals surface area contributed by atoms with Crippen LogP contribution >= 0.6 is 0 Å². The van der Waals surface area contributed by atoms with Crippen molar-refractivity contribution in [3.8, 4) is 0 Å². The summed E-state index contributed by atoms with van der Waals surface area (Å²) in [7, 11) is 1.31. The van der Waals surface area contributed by atoms with E-state index in [1.807, 2.05) is 20.8 Å².